The van der Waals surface area contributed by atoms with Crippen molar-refractivity contribution in [3.05, 3.63) is 107 Å². The van der Waals surface area contributed by atoms with Gasteiger partial charge in [0, 0.05) is 18.9 Å². The molecule has 1 fully saturated rings. The Bertz CT molecular complexity index is 1600. The Morgan fingerprint density at radius 1 is 0.700 bits per heavy atom. The first-order chi connectivity index (χ1) is 23.5. The summed E-state index contributed by atoms with van der Waals surface area (Å²) in [5, 5.41) is 5.86. The Morgan fingerprint density at radius 3 is 1.66 bits per heavy atom. The molecule has 0 saturated heterocycles. The van der Waals surface area contributed by atoms with Gasteiger partial charge in [-0.05, 0) is 102 Å². The molecule has 0 aliphatic heterocycles. The summed E-state index contributed by atoms with van der Waals surface area (Å²) in [4.78, 5) is 58.4. The fourth-order valence-electron chi connectivity index (χ4n) is 6.18. The Labute approximate surface area is 297 Å². The molecule has 1 aliphatic carbocycles. The number of benzene rings is 3. The van der Waals surface area contributed by atoms with Gasteiger partial charge in [0.15, 0.2) is 0 Å². The normalized spacial score (nSPS) is 15.1. The summed E-state index contributed by atoms with van der Waals surface area (Å²) in [7, 11) is 0. The molecule has 3 atom stereocenters. The fourth-order valence-corrected chi connectivity index (χ4v) is 6.18. The lowest BCUT2D eigenvalue weighted by atomic mass is 9.85. The van der Waals surface area contributed by atoms with Gasteiger partial charge in [0.2, 0.25) is 11.8 Å². The van der Waals surface area contributed by atoms with Crippen molar-refractivity contribution < 1.29 is 28.7 Å². The van der Waals surface area contributed by atoms with Gasteiger partial charge in [-0.25, -0.2) is 9.59 Å². The third-order valence-electron chi connectivity index (χ3n) is 8.63. The van der Waals surface area contributed by atoms with Gasteiger partial charge in [-0.1, -0.05) is 78.9 Å². The summed E-state index contributed by atoms with van der Waals surface area (Å²) in [6, 6.07) is 21.2. The average Bonchev–Trinajstić information content (AvgIpc) is 2.99. The van der Waals surface area contributed by atoms with Crippen LogP contribution in [0.25, 0.3) is 0 Å². The number of nitrogens with one attached hydrogen (secondary N) is 2. The molecule has 50 heavy (non-hydrogen) atoms. The molecule has 0 aromatic heterocycles. The number of aryl methyl sites for hydroxylation is 2. The van der Waals surface area contributed by atoms with Gasteiger partial charge in [0.25, 0.3) is 0 Å². The maximum Gasteiger partial charge on any atom is 0.408 e. The standard InChI is InChI=1S/C41H53N3O6/c1-27-17-15-18-28(2)34(27)35(36(45)42-33(38(47)49-40(3,4)5)26-30-21-13-10-14-22-30)44(31-23-16-24-31)37(46)32(25-29-19-11-9-12-20-29)43-39(48)50-41(6,7)8/h9-15,17-22,31-33,35H,16,23-26H2,1-8H3,(H,42,45)(H,43,48). The van der Waals surface area contributed by atoms with Gasteiger partial charge >= 0.3 is 12.1 Å². The molecule has 3 amide bonds. The zero-order chi connectivity index (χ0) is 36.6. The molecule has 4 rings (SSSR count). The van der Waals surface area contributed by atoms with Gasteiger partial charge in [-0.3, -0.25) is 9.59 Å². The quantitative estimate of drug-likeness (QED) is 0.200. The highest BCUT2D eigenvalue weighted by molar-refractivity contribution is 5.94. The number of hydrogen-bond acceptors (Lipinski definition) is 6. The number of rotatable bonds is 12. The Hall–Kier alpha value is -4.66. The zero-order valence-electron chi connectivity index (χ0n) is 30.7. The summed E-state index contributed by atoms with van der Waals surface area (Å²) >= 11 is 0. The Kier molecular flexibility index (Phi) is 12.5. The first-order valence-electron chi connectivity index (χ1n) is 17.5. The largest absolute Gasteiger partial charge is 0.458 e. The van der Waals surface area contributed by atoms with E-state index in [2.05, 4.69) is 10.6 Å². The minimum atomic E-state index is -1.09. The third-order valence-corrected chi connectivity index (χ3v) is 8.63. The number of carbonyl (C=O) groups is 4. The van der Waals surface area contributed by atoms with Gasteiger partial charge in [0.1, 0.15) is 29.3 Å². The number of amides is 3. The molecule has 9 heteroatoms. The summed E-state index contributed by atoms with van der Waals surface area (Å²) in [6.07, 6.45) is 1.97. The SMILES string of the molecule is Cc1cccc(C)c1C(C(=O)NC(Cc1ccccc1)C(=O)OC(C)(C)C)N(C(=O)C(Cc1ccccc1)NC(=O)OC(C)(C)C)C1CCC1. The van der Waals surface area contributed by atoms with Crippen molar-refractivity contribution in [3.63, 3.8) is 0 Å². The van der Waals surface area contributed by atoms with Gasteiger partial charge in [-0.15, -0.1) is 0 Å². The number of esters is 1. The van der Waals surface area contributed by atoms with Crippen LogP contribution >= 0.6 is 0 Å². The van der Waals surface area contributed by atoms with E-state index in [4.69, 9.17) is 9.47 Å². The predicted octanol–water partition coefficient (Wildman–Crippen LogP) is 6.93. The first-order valence-corrected chi connectivity index (χ1v) is 17.5. The first kappa shape index (κ1) is 38.1. The molecule has 0 heterocycles. The highest BCUT2D eigenvalue weighted by atomic mass is 16.6. The van der Waals surface area contributed by atoms with E-state index in [1.165, 1.54) is 0 Å². The van der Waals surface area contributed by atoms with Crippen LogP contribution in [-0.2, 0) is 36.7 Å². The second-order valence-electron chi connectivity index (χ2n) is 15.2. The monoisotopic (exact) mass is 683 g/mol. The predicted molar refractivity (Wildman–Crippen MR) is 194 cm³/mol. The number of nitrogens with zero attached hydrogens (tertiary/aromatic N) is 1. The van der Waals surface area contributed by atoms with Crippen LogP contribution in [0.4, 0.5) is 4.79 Å². The maximum absolute atomic E-state index is 15.0. The second-order valence-corrected chi connectivity index (χ2v) is 15.2. The second kappa shape index (κ2) is 16.4. The van der Waals surface area contributed by atoms with Crippen LogP contribution in [0.5, 0.6) is 0 Å². The van der Waals surface area contributed by atoms with Crippen molar-refractivity contribution in [1.29, 1.82) is 0 Å². The molecule has 0 spiro atoms. The van der Waals surface area contributed by atoms with Crippen LogP contribution in [0.3, 0.4) is 0 Å². The lowest BCUT2D eigenvalue weighted by Crippen LogP contribution is -2.59. The van der Waals surface area contributed by atoms with Crippen LogP contribution in [0.2, 0.25) is 0 Å². The van der Waals surface area contributed by atoms with Crippen molar-refractivity contribution in [1.82, 2.24) is 15.5 Å². The number of hydrogen-bond donors (Lipinski definition) is 2. The molecule has 3 unspecified atom stereocenters. The van der Waals surface area contributed by atoms with Crippen molar-refractivity contribution in [2.45, 2.75) is 123 Å². The maximum atomic E-state index is 15.0. The smallest absolute Gasteiger partial charge is 0.408 e. The summed E-state index contributed by atoms with van der Waals surface area (Å²) in [6.45, 7) is 14.5. The summed E-state index contributed by atoms with van der Waals surface area (Å²) in [5.41, 5.74) is 2.48. The van der Waals surface area contributed by atoms with Gasteiger partial charge < -0.3 is 25.0 Å². The van der Waals surface area contributed by atoms with E-state index in [-0.39, 0.29) is 18.9 Å². The van der Waals surface area contributed by atoms with E-state index in [0.29, 0.717) is 18.4 Å². The van der Waals surface area contributed by atoms with E-state index in [1.54, 1.807) is 46.4 Å². The molecule has 2 N–H and O–H groups in total. The third kappa shape index (κ3) is 10.7. The van der Waals surface area contributed by atoms with Crippen LogP contribution in [-0.4, -0.2) is 58.1 Å². The summed E-state index contributed by atoms with van der Waals surface area (Å²) in [5.74, 6) is -1.46. The molecule has 3 aromatic carbocycles. The van der Waals surface area contributed by atoms with Gasteiger partial charge in [-0.2, -0.15) is 0 Å². The van der Waals surface area contributed by atoms with E-state index in [9.17, 15) is 14.4 Å². The topological polar surface area (TPSA) is 114 Å². The molecule has 3 aromatic rings. The molecule has 1 aliphatic rings. The minimum Gasteiger partial charge on any atom is -0.458 e. The molecular weight excluding hydrogens is 630 g/mol. The van der Waals surface area contributed by atoms with Crippen molar-refractivity contribution in [3.8, 4) is 0 Å². The van der Waals surface area contributed by atoms with Crippen molar-refractivity contribution in [2.75, 3.05) is 0 Å². The Balaban J connectivity index is 1.80. The Morgan fingerprint density at radius 2 is 1.20 bits per heavy atom. The molecule has 0 radical (unpaired) electrons. The van der Waals surface area contributed by atoms with Crippen molar-refractivity contribution in [2.24, 2.45) is 0 Å². The lowest BCUT2D eigenvalue weighted by molar-refractivity contribution is -0.159. The van der Waals surface area contributed by atoms with Crippen LogP contribution in [0.1, 0.15) is 94.7 Å². The molecule has 268 valence electrons. The lowest BCUT2D eigenvalue weighted by Gasteiger charge is -2.44. The molecule has 1 saturated carbocycles. The minimum absolute atomic E-state index is 0.192. The number of alkyl carbamates (subject to hydrolysis) is 1. The van der Waals surface area contributed by atoms with E-state index in [1.807, 2.05) is 92.7 Å². The number of ether oxygens (including phenoxy) is 2. The highest BCUT2D eigenvalue weighted by Crippen LogP contribution is 2.36. The number of carbonyl (C=O) groups excluding carboxylic acids is 4. The van der Waals surface area contributed by atoms with Crippen molar-refractivity contribution >= 4 is 23.9 Å². The van der Waals surface area contributed by atoms with Crippen LogP contribution in [0, 0.1) is 13.8 Å². The highest BCUT2D eigenvalue weighted by Gasteiger charge is 2.44. The van der Waals surface area contributed by atoms with Crippen LogP contribution < -0.4 is 10.6 Å². The zero-order valence-corrected chi connectivity index (χ0v) is 30.7. The van der Waals surface area contributed by atoms with Crippen LogP contribution in [0.15, 0.2) is 78.9 Å². The molecular formula is C41H53N3O6. The van der Waals surface area contributed by atoms with Gasteiger partial charge in [0.05, 0.1) is 0 Å². The summed E-state index contributed by atoms with van der Waals surface area (Å²) < 4.78 is 11.4. The molecule has 0 bridgehead atoms. The average molecular weight is 684 g/mol. The van der Waals surface area contributed by atoms with E-state index in [0.717, 1.165) is 28.7 Å². The fraction of sp³-hybridized carbons (Fsp3) is 0.463. The molecule has 9 nitrogen and oxygen atoms in total. The van der Waals surface area contributed by atoms with E-state index >= 15 is 4.79 Å². The van der Waals surface area contributed by atoms with E-state index < -0.39 is 53.2 Å².